The van der Waals surface area contributed by atoms with Crippen LogP contribution < -0.4 is 4.72 Å². The van der Waals surface area contributed by atoms with Gasteiger partial charge in [-0.25, -0.2) is 8.42 Å². The van der Waals surface area contributed by atoms with Crippen molar-refractivity contribution < 1.29 is 8.42 Å². The van der Waals surface area contributed by atoms with Gasteiger partial charge >= 0.3 is 0 Å². The highest BCUT2D eigenvalue weighted by molar-refractivity contribution is 7.88. The number of nitrogens with one attached hydrogen (secondary N) is 1. The molecule has 14 heavy (non-hydrogen) atoms. The van der Waals surface area contributed by atoms with Gasteiger partial charge in [-0.1, -0.05) is 25.5 Å². The Hall–Kier alpha value is -0.770. The largest absolute Gasteiger partial charge is 0.284 e. The maximum atomic E-state index is 11.0. The van der Waals surface area contributed by atoms with Crippen LogP contribution in [-0.2, 0) is 10.0 Å². The first kappa shape index (κ1) is 11.3. The lowest BCUT2D eigenvalue weighted by Crippen LogP contribution is -2.24. The highest BCUT2D eigenvalue weighted by Crippen LogP contribution is 2.32. The molecule has 0 saturated carbocycles. The third-order valence-electron chi connectivity index (χ3n) is 1.99. The lowest BCUT2D eigenvalue weighted by atomic mass is 9.82. The van der Waals surface area contributed by atoms with Crippen LogP contribution in [0.25, 0.3) is 0 Å². The van der Waals surface area contributed by atoms with Crippen LogP contribution in [0.4, 0.5) is 0 Å². The molecule has 0 spiro atoms. The smallest absolute Gasteiger partial charge is 0.229 e. The first-order valence-electron chi connectivity index (χ1n) is 4.56. The van der Waals surface area contributed by atoms with Crippen molar-refractivity contribution in [3.8, 4) is 0 Å². The Morgan fingerprint density at radius 3 is 2.43 bits per heavy atom. The summed E-state index contributed by atoms with van der Waals surface area (Å²) in [5.41, 5.74) is 1.91. The topological polar surface area (TPSA) is 46.2 Å². The van der Waals surface area contributed by atoms with Crippen molar-refractivity contribution in [2.75, 3.05) is 6.26 Å². The Morgan fingerprint density at radius 1 is 1.43 bits per heavy atom. The molecular formula is C10H17NO2S. The minimum Gasteiger partial charge on any atom is -0.284 e. The van der Waals surface area contributed by atoms with Crippen LogP contribution in [0.3, 0.4) is 0 Å². The highest BCUT2D eigenvalue weighted by atomic mass is 32.2. The predicted molar refractivity (Wildman–Crippen MR) is 58.2 cm³/mol. The summed E-state index contributed by atoms with van der Waals surface area (Å²) in [5, 5.41) is 0. The zero-order chi connectivity index (χ0) is 11.0. The van der Waals surface area contributed by atoms with Gasteiger partial charge in [0, 0.05) is 5.70 Å². The molecule has 1 rings (SSSR count). The number of rotatable bonds is 2. The van der Waals surface area contributed by atoms with Crippen molar-refractivity contribution in [3.05, 3.63) is 23.4 Å². The van der Waals surface area contributed by atoms with E-state index in [1.165, 1.54) is 11.8 Å². The van der Waals surface area contributed by atoms with Gasteiger partial charge in [0.05, 0.1) is 6.26 Å². The summed E-state index contributed by atoms with van der Waals surface area (Å²) >= 11 is 0. The normalized spacial score (nSPS) is 21.1. The molecule has 0 heterocycles. The predicted octanol–water partition coefficient (Wildman–Crippen LogP) is 1.80. The Morgan fingerprint density at radius 2 is 2.00 bits per heavy atom. The first-order chi connectivity index (χ1) is 6.18. The monoisotopic (exact) mass is 215 g/mol. The van der Waals surface area contributed by atoms with Crippen LogP contribution >= 0.6 is 0 Å². The second-order valence-corrected chi connectivity index (χ2v) is 6.38. The molecule has 1 aliphatic rings. The Balaban J connectivity index is 2.94. The van der Waals surface area contributed by atoms with Crippen molar-refractivity contribution in [2.24, 2.45) is 5.41 Å². The summed E-state index contributed by atoms with van der Waals surface area (Å²) in [5.74, 6) is 0. The van der Waals surface area contributed by atoms with Crippen LogP contribution in [0.2, 0.25) is 0 Å². The average molecular weight is 215 g/mol. The number of sulfonamides is 1. The molecule has 0 unspecified atom stereocenters. The summed E-state index contributed by atoms with van der Waals surface area (Å²) in [4.78, 5) is 0. The van der Waals surface area contributed by atoms with E-state index in [0.29, 0.717) is 5.70 Å². The maximum absolute atomic E-state index is 11.0. The molecule has 0 atom stereocenters. The molecule has 4 heteroatoms. The SMILES string of the molecule is CC1=CC(NS(C)(=O)=O)=CC(C)(C)C1. The lowest BCUT2D eigenvalue weighted by molar-refractivity contribution is 0.464. The fourth-order valence-corrected chi connectivity index (χ4v) is 2.37. The van der Waals surface area contributed by atoms with Crippen molar-refractivity contribution in [3.63, 3.8) is 0 Å². The number of allylic oxidation sites excluding steroid dienone is 3. The molecule has 1 N–H and O–H groups in total. The third-order valence-corrected chi connectivity index (χ3v) is 2.59. The van der Waals surface area contributed by atoms with E-state index in [2.05, 4.69) is 18.6 Å². The molecule has 1 aliphatic carbocycles. The van der Waals surface area contributed by atoms with Gasteiger partial charge < -0.3 is 0 Å². The van der Waals surface area contributed by atoms with Gasteiger partial charge in [0.2, 0.25) is 10.0 Å². The van der Waals surface area contributed by atoms with Gasteiger partial charge in [0.15, 0.2) is 0 Å². The lowest BCUT2D eigenvalue weighted by Gasteiger charge is -2.26. The van der Waals surface area contributed by atoms with Gasteiger partial charge in [0.25, 0.3) is 0 Å². The summed E-state index contributed by atoms with van der Waals surface area (Å²) < 4.78 is 24.6. The molecule has 0 aromatic rings. The van der Waals surface area contributed by atoms with E-state index in [-0.39, 0.29) is 5.41 Å². The summed E-state index contributed by atoms with van der Waals surface area (Å²) in [6.45, 7) is 6.19. The van der Waals surface area contributed by atoms with E-state index in [4.69, 9.17) is 0 Å². The average Bonchev–Trinajstić information content (AvgIpc) is 1.74. The van der Waals surface area contributed by atoms with Crippen LogP contribution in [0.15, 0.2) is 23.4 Å². The molecule has 0 fully saturated rings. The second-order valence-electron chi connectivity index (χ2n) is 4.63. The summed E-state index contributed by atoms with van der Waals surface area (Å²) in [6.07, 6.45) is 5.98. The summed E-state index contributed by atoms with van der Waals surface area (Å²) in [7, 11) is -3.16. The van der Waals surface area contributed by atoms with Gasteiger partial charge in [-0.05, 0) is 24.8 Å². The summed E-state index contributed by atoms with van der Waals surface area (Å²) in [6, 6.07) is 0. The van der Waals surface area contributed by atoms with E-state index in [1.807, 2.05) is 19.1 Å². The van der Waals surface area contributed by atoms with Gasteiger partial charge in [-0.2, -0.15) is 0 Å². The molecule has 0 aliphatic heterocycles. The van der Waals surface area contributed by atoms with E-state index in [9.17, 15) is 8.42 Å². The molecule has 0 amide bonds. The van der Waals surface area contributed by atoms with Crippen molar-refractivity contribution >= 4 is 10.0 Å². The van der Waals surface area contributed by atoms with Gasteiger partial charge in [-0.3, -0.25) is 4.72 Å². The minimum absolute atomic E-state index is 0.0336. The van der Waals surface area contributed by atoms with E-state index in [0.717, 1.165) is 6.42 Å². The molecule has 0 radical (unpaired) electrons. The first-order valence-corrected chi connectivity index (χ1v) is 6.45. The Bertz CT molecular complexity index is 388. The fourth-order valence-electron chi connectivity index (χ4n) is 1.82. The molecule has 0 aromatic carbocycles. The molecular weight excluding hydrogens is 198 g/mol. The van der Waals surface area contributed by atoms with Crippen LogP contribution in [0.5, 0.6) is 0 Å². The van der Waals surface area contributed by atoms with Crippen molar-refractivity contribution in [2.45, 2.75) is 27.2 Å². The molecule has 80 valence electrons. The van der Waals surface area contributed by atoms with Crippen molar-refractivity contribution in [1.82, 2.24) is 4.72 Å². The fraction of sp³-hybridized carbons (Fsp3) is 0.600. The van der Waals surface area contributed by atoms with Crippen molar-refractivity contribution in [1.29, 1.82) is 0 Å². The number of hydrogen-bond acceptors (Lipinski definition) is 2. The Labute approximate surface area is 85.9 Å². The molecule has 0 aromatic heterocycles. The van der Waals surface area contributed by atoms with Crippen LogP contribution in [0, 0.1) is 5.41 Å². The zero-order valence-corrected chi connectivity index (χ0v) is 9.90. The number of hydrogen-bond donors (Lipinski definition) is 1. The zero-order valence-electron chi connectivity index (χ0n) is 9.09. The van der Waals surface area contributed by atoms with Gasteiger partial charge in [0.1, 0.15) is 0 Å². The highest BCUT2D eigenvalue weighted by Gasteiger charge is 2.21. The standard InChI is InChI=1S/C10H17NO2S/c1-8-5-9(11-14(4,12)13)7-10(2,3)6-8/h5,7,11H,6H2,1-4H3. The third kappa shape index (κ3) is 3.54. The molecule has 0 saturated heterocycles. The molecule has 0 bridgehead atoms. The van der Waals surface area contributed by atoms with E-state index >= 15 is 0 Å². The van der Waals surface area contributed by atoms with E-state index in [1.54, 1.807) is 0 Å². The maximum Gasteiger partial charge on any atom is 0.229 e. The quantitative estimate of drug-likeness (QED) is 0.763. The van der Waals surface area contributed by atoms with Crippen LogP contribution in [0.1, 0.15) is 27.2 Å². The minimum atomic E-state index is -3.16. The van der Waals surface area contributed by atoms with Gasteiger partial charge in [-0.15, -0.1) is 0 Å². The van der Waals surface area contributed by atoms with E-state index < -0.39 is 10.0 Å². The molecule has 3 nitrogen and oxygen atoms in total. The second kappa shape index (κ2) is 3.42. The van der Waals surface area contributed by atoms with Crippen LogP contribution in [-0.4, -0.2) is 14.7 Å². The Kier molecular flexibility index (Phi) is 2.76.